The number of hydrogen-bond acceptors (Lipinski definition) is 6. The first-order valence-electron chi connectivity index (χ1n) is 10.8. The highest BCUT2D eigenvalue weighted by Crippen LogP contribution is 2.45. The van der Waals surface area contributed by atoms with E-state index in [0.717, 1.165) is 27.3 Å². The molecule has 0 spiro atoms. The Morgan fingerprint density at radius 3 is 1.60 bits per heavy atom. The van der Waals surface area contributed by atoms with E-state index in [2.05, 4.69) is 80.1 Å². The van der Waals surface area contributed by atoms with Gasteiger partial charge in [-0.15, -0.1) is 46.2 Å². The average Bonchev–Trinajstić information content (AvgIpc) is 3.49. The number of thioether (sulfide) groups is 2. The Kier molecular flexibility index (Phi) is 10.0. The Bertz CT molecular complexity index is 1270. The molecule has 35 heavy (non-hydrogen) atoms. The van der Waals surface area contributed by atoms with E-state index in [1.165, 1.54) is 30.7 Å². The maximum Gasteiger partial charge on any atom is 0.307 e. The number of benzene rings is 2. The highest BCUT2D eigenvalue weighted by atomic mass is 32.2. The van der Waals surface area contributed by atoms with Crippen molar-refractivity contribution in [3.05, 3.63) is 71.8 Å². The van der Waals surface area contributed by atoms with Gasteiger partial charge >= 0.3 is 5.97 Å². The van der Waals surface area contributed by atoms with E-state index in [4.69, 9.17) is 9.90 Å². The lowest BCUT2D eigenvalue weighted by molar-refractivity contribution is -0.136. The standard InChI is InChI=1S/C26H24O2S4.CH2O2/c1-4-16-13-22(31-25(16)17-5-9-20(29-2)10-6-17)23-14-19(15-24(27)28)26(32-23)18-7-11-21(30-3)12-8-18;2-1-3/h5-14H,4,15H2,1-3H3,(H,27,28);1H,(H,2,3). The number of carboxylic acid groups (broad SMARTS) is 2. The molecule has 0 radical (unpaired) electrons. The minimum atomic E-state index is -0.800. The van der Waals surface area contributed by atoms with Crippen LogP contribution in [0.25, 0.3) is 30.6 Å². The Balaban J connectivity index is 0.00000108. The number of carbonyl (C=O) groups is 2. The van der Waals surface area contributed by atoms with Crippen molar-refractivity contribution in [3.63, 3.8) is 0 Å². The molecule has 0 amide bonds. The predicted octanol–water partition coefficient (Wildman–Crippen LogP) is 8.14. The molecule has 2 aromatic heterocycles. The summed E-state index contributed by atoms with van der Waals surface area (Å²) in [7, 11) is 0. The molecule has 4 nitrogen and oxygen atoms in total. The lowest BCUT2D eigenvalue weighted by Gasteiger charge is -2.03. The first-order valence-corrected chi connectivity index (χ1v) is 14.9. The number of rotatable bonds is 8. The molecule has 0 saturated carbocycles. The van der Waals surface area contributed by atoms with Gasteiger partial charge in [-0.2, -0.15) is 0 Å². The van der Waals surface area contributed by atoms with Crippen molar-refractivity contribution in [1.29, 1.82) is 0 Å². The summed E-state index contributed by atoms with van der Waals surface area (Å²) in [5, 5.41) is 16.4. The minimum Gasteiger partial charge on any atom is -0.483 e. The van der Waals surface area contributed by atoms with E-state index >= 15 is 0 Å². The number of hydrogen-bond donors (Lipinski definition) is 2. The molecule has 4 aromatic rings. The highest BCUT2D eigenvalue weighted by Gasteiger charge is 2.18. The van der Waals surface area contributed by atoms with Crippen molar-refractivity contribution >= 4 is 58.6 Å². The van der Waals surface area contributed by atoms with Gasteiger partial charge in [0.2, 0.25) is 0 Å². The molecule has 0 bridgehead atoms. The SMILES string of the molecule is CCc1cc(-c2cc(CC(=O)O)c(-c3ccc(SC)cc3)s2)sc1-c1ccc(SC)cc1.O=CO. The Morgan fingerprint density at radius 2 is 1.23 bits per heavy atom. The predicted molar refractivity (Wildman–Crippen MR) is 151 cm³/mol. The molecule has 0 aliphatic carbocycles. The van der Waals surface area contributed by atoms with Crippen LogP contribution in [0.3, 0.4) is 0 Å². The zero-order chi connectivity index (χ0) is 25.4. The Hall–Kier alpha value is -2.52. The molecule has 0 unspecified atom stereocenters. The van der Waals surface area contributed by atoms with Gasteiger partial charge in [0.15, 0.2) is 0 Å². The van der Waals surface area contributed by atoms with Crippen LogP contribution in [0.4, 0.5) is 0 Å². The molecule has 0 atom stereocenters. The van der Waals surface area contributed by atoms with E-state index in [1.807, 2.05) is 0 Å². The average molecular weight is 543 g/mol. The molecule has 0 aliphatic rings. The van der Waals surface area contributed by atoms with Crippen LogP contribution in [0.15, 0.2) is 70.5 Å². The van der Waals surface area contributed by atoms with E-state index in [0.29, 0.717) is 0 Å². The number of aliphatic carboxylic acids is 1. The normalized spacial score (nSPS) is 10.5. The fourth-order valence-corrected chi connectivity index (χ4v) is 6.96. The molecule has 2 N–H and O–H groups in total. The van der Waals surface area contributed by atoms with Gasteiger partial charge in [-0.1, -0.05) is 31.2 Å². The zero-order valence-corrected chi connectivity index (χ0v) is 22.9. The van der Waals surface area contributed by atoms with E-state index in [9.17, 15) is 9.90 Å². The zero-order valence-electron chi connectivity index (χ0n) is 19.6. The van der Waals surface area contributed by atoms with E-state index in [1.54, 1.807) is 46.2 Å². The minimum absolute atomic E-state index is 0.0329. The Labute approximate surface area is 222 Å². The summed E-state index contributed by atoms with van der Waals surface area (Å²) >= 11 is 6.95. The van der Waals surface area contributed by atoms with Gasteiger partial charge in [-0.05, 0) is 77.6 Å². The third kappa shape index (κ3) is 6.79. The summed E-state index contributed by atoms with van der Waals surface area (Å²) < 4.78 is 0. The first kappa shape index (κ1) is 27.1. The monoisotopic (exact) mass is 542 g/mol. The molecule has 4 rings (SSSR count). The van der Waals surface area contributed by atoms with Crippen LogP contribution in [0.1, 0.15) is 18.1 Å². The molecular weight excluding hydrogens is 517 g/mol. The van der Waals surface area contributed by atoms with Crippen LogP contribution in [0.5, 0.6) is 0 Å². The number of carboxylic acids is 1. The van der Waals surface area contributed by atoms with Gasteiger partial charge in [0.25, 0.3) is 6.47 Å². The summed E-state index contributed by atoms with van der Waals surface area (Å²) in [4.78, 5) is 27.1. The molecule has 0 aliphatic heterocycles. The van der Waals surface area contributed by atoms with Crippen molar-refractivity contribution in [2.75, 3.05) is 12.5 Å². The lowest BCUT2D eigenvalue weighted by Crippen LogP contribution is -1.99. The summed E-state index contributed by atoms with van der Waals surface area (Å²) in [6, 6.07) is 21.5. The van der Waals surface area contributed by atoms with Crippen molar-refractivity contribution < 1.29 is 19.8 Å². The molecule has 0 saturated heterocycles. The fraction of sp³-hybridized carbons (Fsp3) is 0.185. The van der Waals surface area contributed by atoms with Crippen LogP contribution in [-0.2, 0) is 22.4 Å². The van der Waals surface area contributed by atoms with Gasteiger partial charge in [0.1, 0.15) is 0 Å². The third-order valence-corrected chi connectivity index (χ3v) is 9.42. The second kappa shape index (κ2) is 13.0. The highest BCUT2D eigenvalue weighted by molar-refractivity contribution is 7.98. The Morgan fingerprint density at radius 1 is 0.829 bits per heavy atom. The number of thiophene rings is 2. The van der Waals surface area contributed by atoms with Crippen LogP contribution < -0.4 is 0 Å². The second-order valence-corrected chi connectivity index (χ2v) is 11.3. The lowest BCUT2D eigenvalue weighted by atomic mass is 10.1. The van der Waals surface area contributed by atoms with Gasteiger partial charge in [0, 0.05) is 29.3 Å². The maximum absolute atomic E-state index is 11.5. The van der Waals surface area contributed by atoms with Crippen molar-refractivity contribution in [2.45, 2.75) is 29.6 Å². The smallest absolute Gasteiger partial charge is 0.307 e. The molecule has 182 valence electrons. The molecule has 0 fully saturated rings. The number of aryl methyl sites for hydroxylation is 1. The molecule has 2 heterocycles. The quantitative estimate of drug-likeness (QED) is 0.173. The van der Waals surface area contributed by atoms with Crippen LogP contribution in [-0.4, -0.2) is 35.2 Å². The molecule has 8 heteroatoms. The van der Waals surface area contributed by atoms with Crippen molar-refractivity contribution in [1.82, 2.24) is 0 Å². The summed E-state index contributed by atoms with van der Waals surface area (Å²) in [6.45, 7) is 1.94. The fourth-order valence-electron chi connectivity index (χ4n) is 3.63. The van der Waals surface area contributed by atoms with E-state index in [-0.39, 0.29) is 12.9 Å². The van der Waals surface area contributed by atoms with Gasteiger partial charge < -0.3 is 10.2 Å². The van der Waals surface area contributed by atoms with Crippen LogP contribution in [0.2, 0.25) is 0 Å². The van der Waals surface area contributed by atoms with Crippen LogP contribution in [0, 0.1) is 0 Å². The van der Waals surface area contributed by atoms with Crippen LogP contribution >= 0.6 is 46.2 Å². The van der Waals surface area contributed by atoms with Crippen molar-refractivity contribution in [3.8, 4) is 30.6 Å². The second-order valence-electron chi connectivity index (χ2n) is 7.42. The van der Waals surface area contributed by atoms with Gasteiger partial charge in [-0.25, -0.2) is 0 Å². The first-order chi connectivity index (χ1) is 16.9. The molecular formula is C27H26O4S4. The van der Waals surface area contributed by atoms with Crippen molar-refractivity contribution in [2.24, 2.45) is 0 Å². The summed E-state index contributed by atoms with van der Waals surface area (Å²) in [5.41, 5.74) is 4.54. The topological polar surface area (TPSA) is 74.6 Å². The van der Waals surface area contributed by atoms with E-state index < -0.39 is 5.97 Å². The third-order valence-electron chi connectivity index (χ3n) is 5.29. The van der Waals surface area contributed by atoms with Gasteiger partial charge in [0.05, 0.1) is 6.42 Å². The summed E-state index contributed by atoms with van der Waals surface area (Å²) in [5.74, 6) is -0.800. The largest absolute Gasteiger partial charge is 0.483 e. The summed E-state index contributed by atoms with van der Waals surface area (Å²) in [6.07, 6.45) is 5.15. The van der Waals surface area contributed by atoms with Gasteiger partial charge in [-0.3, -0.25) is 9.59 Å². The maximum atomic E-state index is 11.5. The molecule has 2 aromatic carbocycles.